The predicted octanol–water partition coefficient (Wildman–Crippen LogP) is 1.98. The first kappa shape index (κ1) is 13.1. The van der Waals surface area contributed by atoms with Gasteiger partial charge in [-0.1, -0.05) is 30.3 Å². The lowest BCUT2D eigenvalue weighted by atomic mass is 10.1. The van der Waals surface area contributed by atoms with E-state index < -0.39 is 0 Å². The third-order valence-corrected chi connectivity index (χ3v) is 2.98. The maximum absolute atomic E-state index is 12.2. The summed E-state index contributed by atoms with van der Waals surface area (Å²) in [6.45, 7) is 4.48. The third kappa shape index (κ3) is 2.93. The van der Waals surface area contributed by atoms with Gasteiger partial charge in [-0.3, -0.25) is 9.48 Å². The van der Waals surface area contributed by atoms with Crippen molar-refractivity contribution in [1.29, 1.82) is 0 Å². The number of nitrogens with zero attached hydrogens (tertiary/aromatic N) is 2. The van der Waals surface area contributed by atoms with E-state index in [1.165, 1.54) is 0 Å². The number of carbonyl (C=O) groups excluding carboxylic acids is 1. The molecule has 0 aliphatic rings. The number of nitrogen functional groups attached to an aromatic ring is 1. The number of rotatable bonds is 4. The van der Waals surface area contributed by atoms with Gasteiger partial charge in [0.1, 0.15) is 11.5 Å². The van der Waals surface area contributed by atoms with Gasteiger partial charge >= 0.3 is 0 Å². The van der Waals surface area contributed by atoms with E-state index in [9.17, 15) is 4.79 Å². The number of anilines is 1. The molecule has 3 N–H and O–H groups in total. The number of amides is 1. The second-order valence-electron chi connectivity index (χ2n) is 4.38. The molecule has 1 heterocycles. The van der Waals surface area contributed by atoms with Gasteiger partial charge in [0.05, 0.1) is 6.04 Å². The highest BCUT2D eigenvalue weighted by atomic mass is 16.2. The molecule has 0 spiro atoms. The molecule has 0 aliphatic heterocycles. The molecule has 0 fully saturated rings. The summed E-state index contributed by atoms with van der Waals surface area (Å²) >= 11 is 0. The Morgan fingerprint density at radius 3 is 2.74 bits per heavy atom. The number of hydrogen-bond acceptors (Lipinski definition) is 3. The fourth-order valence-corrected chi connectivity index (χ4v) is 1.96. The first-order valence-electron chi connectivity index (χ1n) is 6.31. The van der Waals surface area contributed by atoms with E-state index in [2.05, 4.69) is 10.4 Å². The number of nitrogens with two attached hydrogens (primary N) is 1. The van der Waals surface area contributed by atoms with Gasteiger partial charge in [-0.15, -0.1) is 0 Å². The third-order valence-electron chi connectivity index (χ3n) is 2.98. The van der Waals surface area contributed by atoms with Crippen molar-refractivity contribution in [1.82, 2.24) is 15.1 Å². The van der Waals surface area contributed by atoms with E-state index in [1.54, 1.807) is 10.7 Å². The molecule has 1 aromatic heterocycles. The van der Waals surface area contributed by atoms with Crippen LogP contribution < -0.4 is 11.1 Å². The van der Waals surface area contributed by atoms with E-state index in [4.69, 9.17) is 5.73 Å². The van der Waals surface area contributed by atoms with E-state index in [0.717, 1.165) is 5.56 Å². The maximum atomic E-state index is 12.2. The van der Waals surface area contributed by atoms with E-state index in [1.807, 2.05) is 44.2 Å². The van der Waals surface area contributed by atoms with Crippen molar-refractivity contribution in [2.24, 2.45) is 0 Å². The number of aromatic nitrogens is 2. The molecule has 0 unspecified atom stereocenters. The first-order chi connectivity index (χ1) is 9.11. The number of carbonyl (C=O) groups is 1. The Morgan fingerprint density at radius 1 is 1.42 bits per heavy atom. The van der Waals surface area contributed by atoms with Gasteiger partial charge in [0.15, 0.2) is 0 Å². The lowest BCUT2D eigenvalue weighted by molar-refractivity contribution is 0.0929. The summed E-state index contributed by atoms with van der Waals surface area (Å²) < 4.78 is 1.60. The summed E-state index contributed by atoms with van der Waals surface area (Å²) in [5.74, 6) is 0.196. The molecule has 5 nitrogen and oxygen atoms in total. The van der Waals surface area contributed by atoms with Crippen molar-refractivity contribution in [3.8, 4) is 0 Å². The molecule has 19 heavy (non-hydrogen) atoms. The summed E-state index contributed by atoms with van der Waals surface area (Å²) in [6.07, 6.45) is 0. The minimum absolute atomic E-state index is 0.0601. The molecule has 0 bridgehead atoms. The molecule has 100 valence electrons. The lowest BCUT2D eigenvalue weighted by Crippen LogP contribution is -2.28. The monoisotopic (exact) mass is 258 g/mol. The number of hydrogen-bond donors (Lipinski definition) is 2. The molecule has 0 aliphatic carbocycles. The second kappa shape index (κ2) is 5.56. The van der Waals surface area contributed by atoms with E-state index >= 15 is 0 Å². The van der Waals surface area contributed by atoms with Crippen LogP contribution in [-0.4, -0.2) is 15.7 Å². The van der Waals surface area contributed by atoms with Crippen LogP contribution in [0.3, 0.4) is 0 Å². The van der Waals surface area contributed by atoms with E-state index in [-0.39, 0.29) is 11.9 Å². The van der Waals surface area contributed by atoms with Crippen LogP contribution in [0.1, 0.15) is 35.9 Å². The zero-order valence-electron chi connectivity index (χ0n) is 11.1. The minimum atomic E-state index is -0.164. The SMILES string of the molecule is CCn1nc(N)cc1C(=O)N[C@@H](C)c1ccccc1. The van der Waals surface area contributed by atoms with Crippen molar-refractivity contribution in [2.45, 2.75) is 26.4 Å². The average Bonchev–Trinajstić information content (AvgIpc) is 2.81. The fourth-order valence-electron chi connectivity index (χ4n) is 1.96. The van der Waals surface area contributed by atoms with Crippen molar-refractivity contribution in [3.63, 3.8) is 0 Å². The Kier molecular flexibility index (Phi) is 3.85. The van der Waals surface area contributed by atoms with Gasteiger partial charge in [0.2, 0.25) is 0 Å². The molecule has 1 amide bonds. The highest BCUT2D eigenvalue weighted by Gasteiger charge is 2.16. The summed E-state index contributed by atoms with van der Waals surface area (Å²) in [5.41, 5.74) is 7.17. The molecule has 0 saturated heterocycles. The van der Waals surface area contributed by atoms with Crippen LogP contribution in [0, 0.1) is 0 Å². The summed E-state index contributed by atoms with van der Waals surface area (Å²) in [7, 11) is 0. The number of benzene rings is 1. The van der Waals surface area contributed by atoms with Crippen molar-refractivity contribution >= 4 is 11.7 Å². The number of nitrogens with one attached hydrogen (secondary N) is 1. The van der Waals surface area contributed by atoms with Crippen LogP contribution in [-0.2, 0) is 6.54 Å². The summed E-state index contributed by atoms with van der Waals surface area (Å²) in [6, 6.07) is 11.3. The van der Waals surface area contributed by atoms with Crippen LogP contribution in [0.15, 0.2) is 36.4 Å². The largest absolute Gasteiger partial charge is 0.382 e. The van der Waals surface area contributed by atoms with Gasteiger partial charge in [-0.25, -0.2) is 0 Å². The topological polar surface area (TPSA) is 72.9 Å². The van der Waals surface area contributed by atoms with Gasteiger partial charge in [0, 0.05) is 12.6 Å². The van der Waals surface area contributed by atoms with Crippen LogP contribution in [0.2, 0.25) is 0 Å². The Labute approximate surface area is 112 Å². The van der Waals surface area contributed by atoms with Crippen LogP contribution in [0.25, 0.3) is 0 Å². The highest BCUT2D eigenvalue weighted by Crippen LogP contribution is 2.13. The molecule has 2 aromatic rings. The smallest absolute Gasteiger partial charge is 0.270 e. The first-order valence-corrected chi connectivity index (χ1v) is 6.31. The second-order valence-corrected chi connectivity index (χ2v) is 4.38. The Hall–Kier alpha value is -2.30. The van der Waals surface area contributed by atoms with E-state index in [0.29, 0.717) is 18.1 Å². The van der Waals surface area contributed by atoms with Crippen LogP contribution in [0.5, 0.6) is 0 Å². The predicted molar refractivity (Wildman–Crippen MR) is 74.6 cm³/mol. The molecule has 1 atom stereocenters. The number of aryl methyl sites for hydroxylation is 1. The fraction of sp³-hybridized carbons (Fsp3) is 0.286. The molecule has 0 saturated carbocycles. The Morgan fingerprint density at radius 2 is 2.11 bits per heavy atom. The minimum Gasteiger partial charge on any atom is -0.382 e. The standard InChI is InChI=1S/C14H18N4O/c1-3-18-12(9-13(15)17-18)14(19)16-10(2)11-7-5-4-6-8-11/h4-10H,3H2,1-2H3,(H2,15,17)(H,16,19)/t10-/m0/s1. The molecule has 0 radical (unpaired) electrons. The molecular weight excluding hydrogens is 240 g/mol. The van der Waals surface area contributed by atoms with Crippen LogP contribution >= 0.6 is 0 Å². The summed E-state index contributed by atoms with van der Waals surface area (Å²) in [5, 5.41) is 7.01. The van der Waals surface area contributed by atoms with Crippen molar-refractivity contribution in [3.05, 3.63) is 47.7 Å². The molecule has 5 heteroatoms. The molecule has 2 rings (SSSR count). The van der Waals surface area contributed by atoms with Crippen LogP contribution in [0.4, 0.5) is 5.82 Å². The quantitative estimate of drug-likeness (QED) is 0.880. The average molecular weight is 258 g/mol. The Balaban J connectivity index is 2.13. The van der Waals surface area contributed by atoms with Crippen molar-refractivity contribution in [2.75, 3.05) is 5.73 Å². The molecular formula is C14H18N4O. The van der Waals surface area contributed by atoms with Crippen molar-refractivity contribution < 1.29 is 4.79 Å². The van der Waals surface area contributed by atoms with Gasteiger partial charge < -0.3 is 11.1 Å². The zero-order chi connectivity index (χ0) is 13.8. The van der Waals surface area contributed by atoms with Gasteiger partial charge in [-0.2, -0.15) is 5.10 Å². The van der Waals surface area contributed by atoms with Gasteiger partial charge in [0.25, 0.3) is 5.91 Å². The summed E-state index contributed by atoms with van der Waals surface area (Å²) in [4.78, 5) is 12.2. The normalized spacial score (nSPS) is 12.1. The van der Waals surface area contributed by atoms with Gasteiger partial charge in [-0.05, 0) is 19.4 Å². The lowest BCUT2D eigenvalue weighted by Gasteiger charge is -2.14. The molecule has 1 aromatic carbocycles. The maximum Gasteiger partial charge on any atom is 0.270 e. The zero-order valence-corrected chi connectivity index (χ0v) is 11.1. The Bertz CT molecular complexity index is 562. The highest BCUT2D eigenvalue weighted by molar-refractivity contribution is 5.93.